The number of sulfonamides is 1. The second-order valence-corrected chi connectivity index (χ2v) is 7.82. The monoisotopic (exact) mass is 393 g/mol. The van der Waals surface area contributed by atoms with Crippen molar-refractivity contribution in [3.63, 3.8) is 0 Å². The zero-order valence-electron chi connectivity index (χ0n) is 11.0. The molecule has 2 rings (SSSR count). The molecular weight excluding hydrogens is 381 g/mol. The number of halogens is 2. The van der Waals surface area contributed by atoms with Crippen LogP contribution in [0.5, 0.6) is 0 Å². The zero-order chi connectivity index (χ0) is 15.6. The molecule has 5 nitrogen and oxygen atoms in total. The third-order valence-corrected chi connectivity index (χ3v) is 5.70. The van der Waals surface area contributed by atoms with E-state index in [4.69, 9.17) is 5.73 Å². The molecule has 2 aromatic rings. The number of nitrogens with one attached hydrogen (secondary N) is 1. The van der Waals surface area contributed by atoms with Crippen molar-refractivity contribution < 1.29 is 12.8 Å². The van der Waals surface area contributed by atoms with Crippen LogP contribution in [0.3, 0.4) is 0 Å². The second kappa shape index (κ2) is 6.49. The summed E-state index contributed by atoms with van der Waals surface area (Å²) in [6, 6.07) is 2.12. The smallest absolute Gasteiger partial charge is 0.244 e. The van der Waals surface area contributed by atoms with Crippen molar-refractivity contribution in [1.82, 2.24) is 9.71 Å². The van der Waals surface area contributed by atoms with E-state index in [1.165, 1.54) is 23.5 Å². The first-order chi connectivity index (χ1) is 9.85. The summed E-state index contributed by atoms with van der Waals surface area (Å²) in [5.74, 6) is -0.834. The van der Waals surface area contributed by atoms with Crippen LogP contribution in [0.4, 0.5) is 4.39 Å². The summed E-state index contributed by atoms with van der Waals surface area (Å²) < 4.78 is 41.8. The highest BCUT2D eigenvalue weighted by atomic mass is 79.9. The Morgan fingerprint density at radius 3 is 2.81 bits per heavy atom. The maximum Gasteiger partial charge on any atom is 0.244 e. The second-order valence-electron chi connectivity index (χ2n) is 4.29. The molecule has 0 amide bonds. The number of rotatable bonds is 5. The summed E-state index contributed by atoms with van der Waals surface area (Å²) in [5.41, 5.74) is 5.56. The van der Waals surface area contributed by atoms with Gasteiger partial charge in [0.2, 0.25) is 10.0 Å². The molecule has 1 aromatic heterocycles. The van der Waals surface area contributed by atoms with Gasteiger partial charge in [-0.15, -0.1) is 11.3 Å². The summed E-state index contributed by atoms with van der Waals surface area (Å²) in [5, 5.41) is 2.35. The van der Waals surface area contributed by atoms with Gasteiger partial charge >= 0.3 is 0 Å². The van der Waals surface area contributed by atoms with Gasteiger partial charge in [-0.1, -0.05) is 15.9 Å². The van der Waals surface area contributed by atoms with E-state index < -0.39 is 26.8 Å². The standard InChI is InChI=1S/C12H13BrFN3O2S2/c1-7(12-16-2-3-20-12)17-21(18,19)10-5-9(13)4-8(6-15)11(10)14/h2-5,7,17H,6,15H2,1H3. The Kier molecular flexibility index (Phi) is 5.10. The number of nitrogens with two attached hydrogens (primary N) is 1. The van der Waals surface area contributed by atoms with Gasteiger partial charge in [0.1, 0.15) is 15.7 Å². The molecule has 0 aliphatic carbocycles. The van der Waals surface area contributed by atoms with Gasteiger partial charge in [-0.2, -0.15) is 0 Å². The number of benzene rings is 1. The fourth-order valence-electron chi connectivity index (χ4n) is 1.76. The molecule has 9 heteroatoms. The van der Waals surface area contributed by atoms with Gasteiger partial charge in [-0.3, -0.25) is 0 Å². The molecule has 0 saturated heterocycles. The summed E-state index contributed by atoms with van der Waals surface area (Å²) in [6.45, 7) is 1.56. The van der Waals surface area contributed by atoms with E-state index in [0.29, 0.717) is 9.48 Å². The quantitative estimate of drug-likeness (QED) is 0.816. The lowest BCUT2D eigenvalue weighted by molar-refractivity contribution is 0.540. The molecule has 3 N–H and O–H groups in total. The molecule has 0 saturated carbocycles. The number of hydrogen-bond donors (Lipinski definition) is 2. The predicted octanol–water partition coefficient (Wildman–Crippen LogP) is 2.54. The average molecular weight is 394 g/mol. The first-order valence-electron chi connectivity index (χ1n) is 5.95. The third kappa shape index (κ3) is 3.67. The summed E-state index contributed by atoms with van der Waals surface area (Å²) >= 11 is 4.48. The zero-order valence-corrected chi connectivity index (χ0v) is 14.2. The van der Waals surface area contributed by atoms with Gasteiger partial charge in [-0.25, -0.2) is 22.5 Å². The Morgan fingerprint density at radius 1 is 1.52 bits per heavy atom. The normalized spacial score (nSPS) is 13.3. The Bertz CT molecular complexity index is 735. The third-order valence-electron chi connectivity index (χ3n) is 2.74. The van der Waals surface area contributed by atoms with Crippen LogP contribution in [0, 0.1) is 5.82 Å². The molecular formula is C12H13BrFN3O2S2. The number of nitrogens with zero attached hydrogens (tertiary/aromatic N) is 1. The summed E-state index contributed by atoms with van der Waals surface area (Å²) in [7, 11) is -4.02. The fraction of sp³-hybridized carbons (Fsp3) is 0.250. The van der Waals surface area contributed by atoms with E-state index in [0.717, 1.165) is 0 Å². The molecule has 0 bridgehead atoms. The van der Waals surface area contributed by atoms with Crippen molar-refractivity contribution in [2.24, 2.45) is 5.73 Å². The lowest BCUT2D eigenvalue weighted by atomic mass is 10.2. The minimum Gasteiger partial charge on any atom is -0.326 e. The van der Waals surface area contributed by atoms with E-state index in [9.17, 15) is 12.8 Å². The first-order valence-corrected chi connectivity index (χ1v) is 9.10. The Hall–Kier alpha value is -0.870. The van der Waals surface area contributed by atoms with Crippen LogP contribution in [0.15, 0.2) is 33.1 Å². The minimum atomic E-state index is -4.02. The molecule has 0 radical (unpaired) electrons. The molecule has 0 spiro atoms. The number of hydrogen-bond acceptors (Lipinski definition) is 5. The van der Waals surface area contributed by atoms with Gasteiger partial charge < -0.3 is 5.73 Å². The molecule has 1 atom stereocenters. The first kappa shape index (κ1) is 16.5. The van der Waals surface area contributed by atoms with Crippen molar-refractivity contribution in [2.45, 2.75) is 24.4 Å². The SMILES string of the molecule is CC(NS(=O)(=O)c1cc(Br)cc(CN)c1F)c1nccs1. The van der Waals surface area contributed by atoms with Crippen LogP contribution in [0.1, 0.15) is 23.5 Å². The Balaban J connectivity index is 2.38. The average Bonchev–Trinajstić information content (AvgIpc) is 2.94. The highest BCUT2D eigenvalue weighted by molar-refractivity contribution is 9.10. The van der Waals surface area contributed by atoms with Crippen LogP contribution >= 0.6 is 27.3 Å². The minimum absolute atomic E-state index is 0.0875. The largest absolute Gasteiger partial charge is 0.326 e. The van der Waals surface area contributed by atoms with Crippen LogP contribution < -0.4 is 10.5 Å². The van der Waals surface area contributed by atoms with Crippen molar-refractivity contribution in [3.8, 4) is 0 Å². The molecule has 0 fully saturated rings. The lowest BCUT2D eigenvalue weighted by Gasteiger charge is -2.14. The van der Waals surface area contributed by atoms with Crippen LogP contribution in [-0.2, 0) is 16.6 Å². The summed E-state index contributed by atoms with van der Waals surface area (Å²) in [6.07, 6.45) is 1.58. The van der Waals surface area contributed by atoms with Crippen LogP contribution in [0.25, 0.3) is 0 Å². The Morgan fingerprint density at radius 2 is 2.24 bits per heavy atom. The molecule has 0 aliphatic heterocycles. The van der Waals surface area contributed by atoms with Crippen molar-refractivity contribution in [1.29, 1.82) is 0 Å². The Labute approximate surface area is 134 Å². The number of thiazole rings is 1. The summed E-state index contributed by atoms with van der Waals surface area (Å²) in [4.78, 5) is 3.61. The van der Waals surface area contributed by atoms with Gasteiger partial charge in [0.15, 0.2) is 0 Å². The van der Waals surface area contributed by atoms with E-state index in [1.807, 2.05) is 0 Å². The fourth-order valence-corrected chi connectivity index (χ4v) is 4.49. The van der Waals surface area contributed by atoms with Gasteiger partial charge in [-0.05, 0) is 19.1 Å². The van der Waals surface area contributed by atoms with E-state index in [2.05, 4.69) is 25.6 Å². The molecule has 0 aliphatic rings. The predicted molar refractivity (Wildman–Crippen MR) is 82.8 cm³/mol. The topological polar surface area (TPSA) is 85.1 Å². The lowest BCUT2D eigenvalue weighted by Crippen LogP contribution is -2.28. The van der Waals surface area contributed by atoms with Crippen molar-refractivity contribution >= 4 is 37.3 Å². The van der Waals surface area contributed by atoms with Crippen molar-refractivity contribution in [2.75, 3.05) is 0 Å². The van der Waals surface area contributed by atoms with E-state index >= 15 is 0 Å². The van der Waals surface area contributed by atoms with Crippen LogP contribution in [-0.4, -0.2) is 13.4 Å². The molecule has 1 heterocycles. The highest BCUT2D eigenvalue weighted by Gasteiger charge is 2.25. The molecule has 1 aromatic carbocycles. The maximum atomic E-state index is 14.2. The van der Waals surface area contributed by atoms with Gasteiger partial charge in [0, 0.05) is 28.2 Å². The molecule has 1 unspecified atom stereocenters. The number of aromatic nitrogens is 1. The molecule has 114 valence electrons. The maximum absolute atomic E-state index is 14.2. The van der Waals surface area contributed by atoms with E-state index in [1.54, 1.807) is 18.5 Å². The van der Waals surface area contributed by atoms with Gasteiger partial charge in [0.05, 0.1) is 6.04 Å². The highest BCUT2D eigenvalue weighted by Crippen LogP contribution is 2.25. The van der Waals surface area contributed by atoms with Crippen molar-refractivity contribution in [3.05, 3.63) is 44.6 Å². The van der Waals surface area contributed by atoms with E-state index in [-0.39, 0.29) is 12.1 Å². The molecule has 21 heavy (non-hydrogen) atoms. The van der Waals surface area contributed by atoms with Gasteiger partial charge in [0.25, 0.3) is 0 Å². The van der Waals surface area contributed by atoms with Crippen LogP contribution in [0.2, 0.25) is 0 Å².